The summed E-state index contributed by atoms with van der Waals surface area (Å²) >= 11 is 0. The second kappa shape index (κ2) is 3.92. The maximum Gasteiger partial charge on any atom is 0.0349 e. The van der Waals surface area contributed by atoms with Gasteiger partial charge in [-0.15, -0.1) is 0 Å². The third-order valence-electron chi connectivity index (χ3n) is 2.17. The van der Waals surface area contributed by atoms with Gasteiger partial charge in [-0.25, -0.2) is 0 Å². The van der Waals surface area contributed by atoms with Crippen molar-refractivity contribution in [2.24, 2.45) is 0 Å². The van der Waals surface area contributed by atoms with Gasteiger partial charge in [-0.2, -0.15) is 0 Å². The highest BCUT2D eigenvalue weighted by Crippen LogP contribution is 2.14. The molecule has 0 radical (unpaired) electrons. The molecular formula is C12H12N2. The molecule has 14 heavy (non-hydrogen) atoms. The molecule has 0 atom stereocenters. The minimum atomic E-state index is 0.844. The maximum atomic E-state index is 5.85. The number of pyridine rings is 1. The van der Waals surface area contributed by atoms with E-state index >= 15 is 0 Å². The van der Waals surface area contributed by atoms with Crippen molar-refractivity contribution in [2.45, 2.75) is 6.42 Å². The standard InChI is InChI=1S/C12H12N2/c13-12-6-2-1-5-11(12)8-10-4-3-7-14-9-10/h1-7,9H,8,13H2. The quantitative estimate of drug-likeness (QED) is 0.727. The molecule has 0 fully saturated rings. The number of hydrogen-bond donors (Lipinski definition) is 1. The van der Waals surface area contributed by atoms with Crippen LogP contribution in [0, 0.1) is 0 Å². The Morgan fingerprint density at radius 1 is 1.07 bits per heavy atom. The lowest BCUT2D eigenvalue weighted by Gasteiger charge is -2.04. The third kappa shape index (κ3) is 1.91. The Kier molecular flexibility index (Phi) is 2.45. The first-order valence-corrected chi connectivity index (χ1v) is 4.58. The SMILES string of the molecule is Nc1ccccc1Cc1cccnc1. The van der Waals surface area contributed by atoms with Crippen molar-refractivity contribution in [3.63, 3.8) is 0 Å². The van der Waals surface area contributed by atoms with Crippen molar-refractivity contribution in [3.05, 3.63) is 59.9 Å². The number of aromatic nitrogens is 1. The molecule has 0 bridgehead atoms. The van der Waals surface area contributed by atoms with Crippen LogP contribution in [-0.4, -0.2) is 4.98 Å². The first-order valence-electron chi connectivity index (χ1n) is 4.58. The molecular weight excluding hydrogens is 172 g/mol. The molecule has 2 N–H and O–H groups in total. The Labute approximate surface area is 83.4 Å². The van der Waals surface area contributed by atoms with E-state index in [1.165, 1.54) is 5.56 Å². The number of nitrogens with zero attached hydrogens (tertiary/aromatic N) is 1. The molecule has 0 saturated carbocycles. The van der Waals surface area contributed by atoms with Crippen LogP contribution in [0.25, 0.3) is 0 Å². The van der Waals surface area contributed by atoms with Crippen LogP contribution in [0.4, 0.5) is 5.69 Å². The van der Waals surface area contributed by atoms with Crippen molar-refractivity contribution in [1.82, 2.24) is 4.98 Å². The molecule has 0 spiro atoms. The summed E-state index contributed by atoms with van der Waals surface area (Å²) in [4.78, 5) is 4.07. The van der Waals surface area contributed by atoms with Crippen LogP contribution in [0.15, 0.2) is 48.8 Å². The number of anilines is 1. The van der Waals surface area contributed by atoms with Crippen LogP contribution in [0.2, 0.25) is 0 Å². The lowest BCUT2D eigenvalue weighted by atomic mass is 10.1. The molecule has 70 valence electrons. The fourth-order valence-corrected chi connectivity index (χ4v) is 1.42. The van der Waals surface area contributed by atoms with Gasteiger partial charge in [0.05, 0.1) is 0 Å². The molecule has 2 nitrogen and oxygen atoms in total. The molecule has 2 heteroatoms. The second-order valence-electron chi connectivity index (χ2n) is 3.24. The van der Waals surface area contributed by atoms with E-state index in [9.17, 15) is 0 Å². The summed E-state index contributed by atoms with van der Waals surface area (Å²) in [6.07, 6.45) is 4.49. The summed E-state index contributed by atoms with van der Waals surface area (Å²) < 4.78 is 0. The summed E-state index contributed by atoms with van der Waals surface area (Å²) in [6, 6.07) is 11.9. The highest BCUT2D eigenvalue weighted by atomic mass is 14.6. The first-order chi connectivity index (χ1) is 6.86. The van der Waals surface area contributed by atoms with Gasteiger partial charge in [-0.1, -0.05) is 24.3 Å². The third-order valence-corrected chi connectivity index (χ3v) is 2.17. The predicted molar refractivity (Wildman–Crippen MR) is 57.9 cm³/mol. The zero-order chi connectivity index (χ0) is 9.80. The molecule has 0 aliphatic rings. The Bertz CT molecular complexity index is 410. The van der Waals surface area contributed by atoms with E-state index < -0.39 is 0 Å². The lowest BCUT2D eigenvalue weighted by molar-refractivity contribution is 1.15. The van der Waals surface area contributed by atoms with Crippen LogP contribution < -0.4 is 5.73 Å². The molecule has 0 aliphatic carbocycles. The van der Waals surface area contributed by atoms with Gasteiger partial charge in [-0.05, 0) is 23.3 Å². The van der Waals surface area contributed by atoms with Crippen molar-refractivity contribution < 1.29 is 0 Å². The largest absolute Gasteiger partial charge is 0.398 e. The second-order valence-corrected chi connectivity index (χ2v) is 3.24. The monoisotopic (exact) mass is 184 g/mol. The average molecular weight is 184 g/mol. The highest BCUT2D eigenvalue weighted by molar-refractivity contribution is 5.48. The van der Waals surface area contributed by atoms with Gasteiger partial charge in [-0.3, -0.25) is 4.98 Å². The smallest absolute Gasteiger partial charge is 0.0349 e. The number of nitrogen functional groups attached to an aromatic ring is 1. The first kappa shape index (κ1) is 8.75. The van der Waals surface area contributed by atoms with Gasteiger partial charge in [0.1, 0.15) is 0 Å². The van der Waals surface area contributed by atoms with Gasteiger partial charge in [0.15, 0.2) is 0 Å². The Morgan fingerprint density at radius 3 is 2.64 bits per heavy atom. The van der Waals surface area contributed by atoms with Crippen LogP contribution in [-0.2, 0) is 6.42 Å². The molecule has 2 aromatic rings. The topological polar surface area (TPSA) is 38.9 Å². The number of para-hydroxylation sites is 1. The van der Waals surface area contributed by atoms with E-state index in [-0.39, 0.29) is 0 Å². The fourth-order valence-electron chi connectivity index (χ4n) is 1.42. The van der Waals surface area contributed by atoms with Crippen molar-refractivity contribution in [3.8, 4) is 0 Å². The summed E-state index contributed by atoms with van der Waals surface area (Å²) in [6.45, 7) is 0. The van der Waals surface area contributed by atoms with E-state index in [1.54, 1.807) is 6.20 Å². The molecule has 2 rings (SSSR count). The predicted octanol–water partition coefficient (Wildman–Crippen LogP) is 2.25. The van der Waals surface area contributed by atoms with E-state index in [0.717, 1.165) is 17.7 Å². The van der Waals surface area contributed by atoms with Crippen molar-refractivity contribution in [2.75, 3.05) is 5.73 Å². The Hall–Kier alpha value is -1.83. The van der Waals surface area contributed by atoms with Crippen molar-refractivity contribution in [1.29, 1.82) is 0 Å². The molecule has 0 unspecified atom stereocenters. The summed E-state index contributed by atoms with van der Waals surface area (Å²) in [7, 11) is 0. The Morgan fingerprint density at radius 2 is 1.93 bits per heavy atom. The van der Waals surface area contributed by atoms with Crippen LogP contribution >= 0.6 is 0 Å². The van der Waals surface area contributed by atoms with Crippen molar-refractivity contribution >= 4 is 5.69 Å². The van der Waals surface area contributed by atoms with Gasteiger partial charge in [0, 0.05) is 24.5 Å². The van der Waals surface area contributed by atoms with E-state index in [1.807, 2.05) is 36.5 Å². The van der Waals surface area contributed by atoms with Gasteiger partial charge in [0.25, 0.3) is 0 Å². The minimum Gasteiger partial charge on any atom is -0.398 e. The normalized spacial score (nSPS) is 10.0. The zero-order valence-electron chi connectivity index (χ0n) is 7.85. The van der Waals surface area contributed by atoms with Gasteiger partial charge >= 0.3 is 0 Å². The fraction of sp³-hybridized carbons (Fsp3) is 0.0833. The van der Waals surface area contributed by atoms with Gasteiger partial charge in [0.2, 0.25) is 0 Å². The Balaban J connectivity index is 2.24. The van der Waals surface area contributed by atoms with E-state index in [4.69, 9.17) is 5.73 Å². The highest BCUT2D eigenvalue weighted by Gasteiger charge is 1.98. The van der Waals surface area contributed by atoms with Crippen LogP contribution in [0.3, 0.4) is 0 Å². The number of hydrogen-bond acceptors (Lipinski definition) is 2. The van der Waals surface area contributed by atoms with Crippen LogP contribution in [0.5, 0.6) is 0 Å². The van der Waals surface area contributed by atoms with E-state index in [0.29, 0.717) is 0 Å². The van der Waals surface area contributed by atoms with E-state index in [2.05, 4.69) is 11.1 Å². The zero-order valence-corrected chi connectivity index (χ0v) is 7.85. The summed E-state index contributed by atoms with van der Waals surface area (Å²) in [5.41, 5.74) is 9.03. The number of nitrogens with two attached hydrogens (primary N) is 1. The van der Waals surface area contributed by atoms with Gasteiger partial charge < -0.3 is 5.73 Å². The lowest BCUT2D eigenvalue weighted by Crippen LogP contribution is -1.95. The number of rotatable bonds is 2. The number of benzene rings is 1. The molecule has 0 saturated heterocycles. The maximum absolute atomic E-state index is 5.85. The average Bonchev–Trinajstić information content (AvgIpc) is 2.23. The molecule has 1 heterocycles. The van der Waals surface area contributed by atoms with Crippen LogP contribution in [0.1, 0.15) is 11.1 Å². The molecule has 0 aliphatic heterocycles. The molecule has 1 aromatic heterocycles. The molecule has 1 aromatic carbocycles. The minimum absolute atomic E-state index is 0.844. The summed E-state index contributed by atoms with van der Waals surface area (Å²) in [5.74, 6) is 0. The molecule has 0 amide bonds. The summed E-state index contributed by atoms with van der Waals surface area (Å²) in [5, 5.41) is 0.